The van der Waals surface area contributed by atoms with E-state index in [1.165, 1.54) is 0 Å². The number of carboxylic acid groups (broad SMARTS) is 1. The van der Waals surface area contributed by atoms with Crippen molar-refractivity contribution in [2.75, 3.05) is 20.3 Å². The van der Waals surface area contributed by atoms with E-state index in [0.717, 1.165) is 12.8 Å². The van der Waals surface area contributed by atoms with E-state index in [1.54, 1.807) is 7.05 Å². The monoisotopic (exact) mass is 284 g/mol. The molecule has 0 radical (unpaired) electrons. The fourth-order valence-electron chi connectivity index (χ4n) is 3.07. The Morgan fingerprint density at radius 1 is 1.25 bits per heavy atom. The average molecular weight is 284 g/mol. The zero-order valence-electron chi connectivity index (χ0n) is 12.1. The van der Waals surface area contributed by atoms with Gasteiger partial charge in [0.1, 0.15) is 5.54 Å². The van der Waals surface area contributed by atoms with Crippen LogP contribution >= 0.6 is 0 Å². The number of likely N-dealkylation sites (N-methyl/N-ethyl adjacent to an activating group) is 1. The molecule has 2 aliphatic rings. The molecule has 0 aromatic carbocycles. The Morgan fingerprint density at radius 2 is 1.90 bits per heavy atom. The average Bonchev–Trinajstić information content (AvgIpc) is 2.89. The summed E-state index contributed by atoms with van der Waals surface area (Å²) in [7, 11) is 1.79. The lowest BCUT2D eigenvalue weighted by Crippen LogP contribution is -2.59. The summed E-state index contributed by atoms with van der Waals surface area (Å²) in [6.45, 7) is 2.96. The van der Waals surface area contributed by atoms with Crippen molar-refractivity contribution in [2.24, 2.45) is 11.8 Å². The predicted molar refractivity (Wildman–Crippen MR) is 73.3 cm³/mol. The number of carbonyl (C=O) groups is 2. The summed E-state index contributed by atoms with van der Waals surface area (Å²) < 4.78 is 5.31. The van der Waals surface area contributed by atoms with E-state index in [1.807, 2.05) is 0 Å². The summed E-state index contributed by atoms with van der Waals surface area (Å²) in [5.74, 6) is -0.911. The van der Waals surface area contributed by atoms with Gasteiger partial charge in [0.05, 0.1) is 19.1 Å². The van der Waals surface area contributed by atoms with Crippen LogP contribution in [0.15, 0.2) is 0 Å². The Labute approximate surface area is 119 Å². The highest BCUT2D eigenvalue weighted by Crippen LogP contribution is 2.32. The lowest BCUT2D eigenvalue weighted by Gasteiger charge is -2.37. The first kappa shape index (κ1) is 15.3. The summed E-state index contributed by atoms with van der Waals surface area (Å²) in [5, 5.41) is 15.4. The van der Waals surface area contributed by atoms with Gasteiger partial charge in [0, 0.05) is 6.04 Å². The van der Waals surface area contributed by atoms with Crippen LogP contribution < -0.4 is 10.6 Å². The quantitative estimate of drug-likeness (QED) is 0.694. The van der Waals surface area contributed by atoms with Crippen molar-refractivity contribution in [3.8, 4) is 0 Å². The molecule has 1 amide bonds. The SMILES string of the molecule is CNC1COCC1C(=O)NC1(C(=O)O)CCC(C)CC1. The first-order valence-electron chi connectivity index (χ1n) is 7.29. The molecule has 2 fully saturated rings. The second-order valence-electron chi connectivity index (χ2n) is 6.10. The molecule has 1 aliphatic carbocycles. The van der Waals surface area contributed by atoms with Crippen molar-refractivity contribution in [1.29, 1.82) is 0 Å². The molecular formula is C14H24N2O4. The van der Waals surface area contributed by atoms with Gasteiger partial charge >= 0.3 is 5.97 Å². The van der Waals surface area contributed by atoms with E-state index in [2.05, 4.69) is 17.6 Å². The Hall–Kier alpha value is -1.14. The van der Waals surface area contributed by atoms with Crippen LogP contribution in [-0.2, 0) is 14.3 Å². The summed E-state index contributed by atoms with van der Waals surface area (Å²) in [5.41, 5.74) is -1.09. The molecule has 3 N–H and O–H groups in total. The Morgan fingerprint density at radius 3 is 2.45 bits per heavy atom. The van der Waals surface area contributed by atoms with Gasteiger partial charge in [0.25, 0.3) is 0 Å². The van der Waals surface area contributed by atoms with Gasteiger partial charge in [-0.15, -0.1) is 0 Å². The maximum absolute atomic E-state index is 12.4. The largest absolute Gasteiger partial charge is 0.480 e. The highest BCUT2D eigenvalue weighted by molar-refractivity contribution is 5.88. The van der Waals surface area contributed by atoms with Crippen molar-refractivity contribution in [1.82, 2.24) is 10.6 Å². The Balaban J connectivity index is 2.05. The number of amides is 1. The molecule has 0 spiro atoms. The minimum Gasteiger partial charge on any atom is -0.480 e. The van der Waals surface area contributed by atoms with Gasteiger partial charge in [-0.2, -0.15) is 0 Å². The molecule has 1 aliphatic heterocycles. The van der Waals surface area contributed by atoms with Gasteiger partial charge in [0.15, 0.2) is 0 Å². The van der Waals surface area contributed by atoms with Crippen LogP contribution in [0.5, 0.6) is 0 Å². The summed E-state index contributed by atoms with van der Waals surface area (Å²) >= 11 is 0. The molecule has 6 heteroatoms. The Kier molecular flexibility index (Phi) is 4.65. The third-order valence-corrected chi connectivity index (χ3v) is 4.69. The van der Waals surface area contributed by atoms with Crippen molar-refractivity contribution in [3.63, 3.8) is 0 Å². The number of hydrogen-bond acceptors (Lipinski definition) is 4. The van der Waals surface area contributed by atoms with Crippen LogP contribution in [0, 0.1) is 11.8 Å². The third kappa shape index (κ3) is 2.96. The van der Waals surface area contributed by atoms with Crippen LogP contribution in [-0.4, -0.2) is 48.8 Å². The van der Waals surface area contributed by atoms with Gasteiger partial charge < -0.3 is 20.5 Å². The van der Waals surface area contributed by atoms with E-state index in [-0.39, 0.29) is 17.9 Å². The summed E-state index contributed by atoms with van der Waals surface area (Å²) in [4.78, 5) is 24.0. The van der Waals surface area contributed by atoms with Crippen molar-refractivity contribution < 1.29 is 19.4 Å². The lowest BCUT2D eigenvalue weighted by molar-refractivity contribution is -0.150. The van der Waals surface area contributed by atoms with E-state index in [0.29, 0.717) is 32.0 Å². The molecule has 1 saturated carbocycles. The number of hydrogen-bond donors (Lipinski definition) is 3. The maximum atomic E-state index is 12.4. The van der Waals surface area contributed by atoms with Crippen molar-refractivity contribution in [2.45, 2.75) is 44.2 Å². The smallest absolute Gasteiger partial charge is 0.329 e. The number of carbonyl (C=O) groups excluding carboxylic acids is 1. The second kappa shape index (κ2) is 6.10. The van der Waals surface area contributed by atoms with Gasteiger partial charge in [-0.05, 0) is 38.6 Å². The fraction of sp³-hybridized carbons (Fsp3) is 0.857. The van der Waals surface area contributed by atoms with Gasteiger partial charge in [-0.1, -0.05) is 6.92 Å². The molecule has 2 atom stereocenters. The topological polar surface area (TPSA) is 87.7 Å². The molecule has 1 heterocycles. The van der Waals surface area contributed by atoms with Crippen molar-refractivity contribution in [3.05, 3.63) is 0 Å². The molecule has 2 unspecified atom stereocenters. The zero-order valence-corrected chi connectivity index (χ0v) is 12.1. The van der Waals surface area contributed by atoms with Crippen LogP contribution in [0.3, 0.4) is 0 Å². The van der Waals surface area contributed by atoms with E-state index < -0.39 is 11.5 Å². The highest BCUT2D eigenvalue weighted by Gasteiger charge is 2.45. The summed E-state index contributed by atoms with van der Waals surface area (Å²) in [6, 6.07) is -0.0386. The molecule has 6 nitrogen and oxygen atoms in total. The minimum atomic E-state index is -1.09. The number of aliphatic carboxylic acids is 1. The van der Waals surface area contributed by atoms with Gasteiger partial charge in [-0.25, -0.2) is 4.79 Å². The predicted octanol–water partition coefficient (Wildman–Crippen LogP) is 0.370. The third-order valence-electron chi connectivity index (χ3n) is 4.69. The van der Waals surface area contributed by atoms with E-state index in [4.69, 9.17) is 4.74 Å². The summed E-state index contributed by atoms with van der Waals surface area (Å²) in [6.07, 6.45) is 2.69. The number of carboxylic acids is 1. The minimum absolute atomic E-state index is 0.0386. The zero-order chi connectivity index (χ0) is 14.8. The van der Waals surface area contributed by atoms with Crippen LogP contribution in [0.2, 0.25) is 0 Å². The standard InChI is InChI=1S/C14H24N2O4/c1-9-3-5-14(6-4-9,13(18)19)16-12(17)10-7-20-8-11(10)15-2/h9-11,15H,3-8H2,1-2H3,(H,16,17)(H,18,19). The number of nitrogens with one attached hydrogen (secondary N) is 2. The fourth-order valence-corrected chi connectivity index (χ4v) is 3.07. The highest BCUT2D eigenvalue weighted by atomic mass is 16.5. The lowest BCUT2D eigenvalue weighted by atomic mass is 9.76. The maximum Gasteiger partial charge on any atom is 0.329 e. The van der Waals surface area contributed by atoms with Crippen LogP contribution in [0.1, 0.15) is 32.6 Å². The van der Waals surface area contributed by atoms with Gasteiger partial charge in [0.2, 0.25) is 5.91 Å². The van der Waals surface area contributed by atoms with Crippen LogP contribution in [0.25, 0.3) is 0 Å². The molecule has 114 valence electrons. The van der Waals surface area contributed by atoms with E-state index in [9.17, 15) is 14.7 Å². The molecule has 0 bridgehead atoms. The molecule has 0 aromatic heterocycles. The van der Waals surface area contributed by atoms with Gasteiger partial charge in [-0.3, -0.25) is 4.79 Å². The second-order valence-corrected chi connectivity index (χ2v) is 6.10. The normalized spacial score (nSPS) is 37.6. The molecule has 1 saturated heterocycles. The first-order chi connectivity index (χ1) is 9.48. The number of ether oxygens (including phenoxy) is 1. The molecule has 20 heavy (non-hydrogen) atoms. The molecular weight excluding hydrogens is 260 g/mol. The van der Waals surface area contributed by atoms with Crippen molar-refractivity contribution >= 4 is 11.9 Å². The first-order valence-corrected chi connectivity index (χ1v) is 7.29. The molecule has 0 aromatic rings. The number of rotatable bonds is 4. The molecule has 2 rings (SSSR count). The van der Waals surface area contributed by atoms with E-state index >= 15 is 0 Å². The van der Waals surface area contributed by atoms with Crippen LogP contribution in [0.4, 0.5) is 0 Å². The Bertz CT molecular complexity index is 377.